The molecular weight excluding hydrogens is 232 g/mol. The van der Waals surface area contributed by atoms with E-state index < -0.39 is 5.82 Å². The molecule has 0 saturated carbocycles. The summed E-state index contributed by atoms with van der Waals surface area (Å²) in [6.07, 6.45) is 0.867. The van der Waals surface area contributed by atoms with Gasteiger partial charge in [0, 0.05) is 19.2 Å². The number of hydrogen-bond donors (Lipinski definition) is 0. The zero-order valence-corrected chi connectivity index (χ0v) is 9.87. The van der Waals surface area contributed by atoms with Crippen LogP contribution in [-0.4, -0.2) is 6.54 Å². The minimum Gasteiger partial charge on any atom is -0.364 e. The molecule has 1 heterocycles. The van der Waals surface area contributed by atoms with Crippen molar-refractivity contribution in [1.29, 1.82) is 0 Å². The second kappa shape index (κ2) is 4.41. The average molecular weight is 245 g/mol. The molecule has 0 unspecified atom stereocenters. The molecule has 0 saturated heterocycles. The summed E-state index contributed by atoms with van der Waals surface area (Å²) in [7, 11) is 0. The predicted octanol–water partition coefficient (Wildman–Crippen LogP) is 3.53. The van der Waals surface area contributed by atoms with Crippen LogP contribution in [0.15, 0.2) is 42.5 Å². The highest BCUT2D eigenvalue weighted by Gasteiger charge is 2.18. The maximum atomic E-state index is 13.7. The third-order valence-corrected chi connectivity index (χ3v) is 3.38. The highest BCUT2D eigenvalue weighted by Crippen LogP contribution is 2.27. The van der Waals surface area contributed by atoms with E-state index in [1.54, 1.807) is 0 Å². The van der Waals surface area contributed by atoms with E-state index in [2.05, 4.69) is 6.07 Å². The number of anilines is 1. The Morgan fingerprint density at radius 1 is 0.944 bits per heavy atom. The molecule has 0 fully saturated rings. The van der Waals surface area contributed by atoms with Crippen molar-refractivity contribution in [1.82, 2.24) is 0 Å². The van der Waals surface area contributed by atoms with Gasteiger partial charge in [0.05, 0.1) is 5.69 Å². The molecule has 0 aromatic heterocycles. The zero-order chi connectivity index (χ0) is 12.5. The van der Waals surface area contributed by atoms with Crippen LogP contribution >= 0.6 is 0 Å². The quantitative estimate of drug-likeness (QED) is 0.743. The van der Waals surface area contributed by atoms with Crippen LogP contribution in [0.3, 0.4) is 0 Å². The SMILES string of the molecule is Fc1ccc(F)c(N2CCc3ccccc3C2)c1. The van der Waals surface area contributed by atoms with Gasteiger partial charge in [-0.15, -0.1) is 0 Å². The summed E-state index contributed by atoms with van der Waals surface area (Å²) in [6, 6.07) is 11.7. The minimum atomic E-state index is -0.398. The summed E-state index contributed by atoms with van der Waals surface area (Å²) >= 11 is 0. The van der Waals surface area contributed by atoms with Crippen LogP contribution in [0.25, 0.3) is 0 Å². The van der Waals surface area contributed by atoms with E-state index in [9.17, 15) is 8.78 Å². The molecule has 0 bridgehead atoms. The lowest BCUT2D eigenvalue weighted by molar-refractivity contribution is 0.588. The molecular formula is C15H13F2N. The number of fused-ring (bicyclic) bond motifs is 1. The standard InChI is InChI=1S/C15H13F2N/c16-13-5-6-14(17)15(9-13)18-8-7-11-3-1-2-4-12(11)10-18/h1-6,9H,7-8,10H2. The topological polar surface area (TPSA) is 3.24 Å². The van der Waals surface area contributed by atoms with Gasteiger partial charge in [0.15, 0.2) is 0 Å². The summed E-state index contributed by atoms with van der Waals surface area (Å²) < 4.78 is 26.9. The number of benzene rings is 2. The maximum Gasteiger partial charge on any atom is 0.146 e. The summed E-state index contributed by atoms with van der Waals surface area (Å²) in [6.45, 7) is 1.36. The first-order valence-corrected chi connectivity index (χ1v) is 6.01. The second-order valence-electron chi connectivity index (χ2n) is 4.54. The number of nitrogens with zero attached hydrogens (tertiary/aromatic N) is 1. The lowest BCUT2D eigenvalue weighted by atomic mass is 9.99. The van der Waals surface area contributed by atoms with Crippen LogP contribution in [0.1, 0.15) is 11.1 Å². The predicted molar refractivity (Wildman–Crippen MR) is 67.6 cm³/mol. The smallest absolute Gasteiger partial charge is 0.146 e. The van der Waals surface area contributed by atoms with Crippen molar-refractivity contribution < 1.29 is 8.78 Å². The maximum absolute atomic E-state index is 13.7. The second-order valence-corrected chi connectivity index (χ2v) is 4.54. The van der Waals surface area contributed by atoms with E-state index in [0.717, 1.165) is 19.0 Å². The molecule has 0 spiro atoms. The van der Waals surface area contributed by atoms with Gasteiger partial charge in [-0.3, -0.25) is 0 Å². The Bertz CT molecular complexity index is 580. The Hall–Kier alpha value is -1.90. The fourth-order valence-electron chi connectivity index (χ4n) is 2.43. The summed E-state index contributed by atoms with van der Waals surface area (Å²) in [4.78, 5) is 1.89. The van der Waals surface area contributed by atoms with E-state index in [-0.39, 0.29) is 5.82 Å². The Morgan fingerprint density at radius 2 is 1.72 bits per heavy atom. The Labute approximate surface area is 105 Å². The first-order valence-electron chi connectivity index (χ1n) is 6.01. The van der Waals surface area contributed by atoms with E-state index >= 15 is 0 Å². The van der Waals surface area contributed by atoms with Gasteiger partial charge in [-0.2, -0.15) is 0 Å². The van der Waals surface area contributed by atoms with E-state index in [0.29, 0.717) is 12.2 Å². The highest BCUT2D eigenvalue weighted by molar-refractivity contribution is 5.50. The molecule has 0 atom stereocenters. The minimum absolute atomic E-state index is 0.351. The fourth-order valence-corrected chi connectivity index (χ4v) is 2.43. The monoisotopic (exact) mass is 245 g/mol. The molecule has 3 rings (SSSR count). The number of halogens is 2. The van der Waals surface area contributed by atoms with E-state index in [1.807, 2.05) is 23.1 Å². The van der Waals surface area contributed by atoms with Gasteiger partial charge >= 0.3 is 0 Å². The molecule has 3 heteroatoms. The van der Waals surface area contributed by atoms with Crippen molar-refractivity contribution in [2.75, 3.05) is 11.4 Å². The van der Waals surface area contributed by atoms with Gasteiger partial charge in [0.2, 0.25) is 0 Å². The van der Waals surface area contributed by atoms with Crippen LogP contribution in [-0.2, 0) is 13.0 Å². The summed E-state index contributed by atoms with van der Waals surface area (Å²) in [5.74, 6) is -0.763. The molecule has 1 aliphatic rings. The van der Waals surface area contributed by atoms with Crippen molar-refractivity contribution in [2.24, 2.45) is 0 Å². The molecule has 1 nitrogen and oxygen atoms in total. The number of rotatable bonds is 1. The average Bonchev–Trinajstić information content (AvgIpc) is 2.41. The third-order valence-electron chi connectivity index (χ3n) is 3.38. The summed E-state index contributed by atoms with van der Waals surface area (Å²) in [5, 5.41) is 0. The van der Waals surface area contributed by atoms with Crippen molar-refractivity contribution >= 4 is 5.69 Å². The fraction of sp³-hybridized carbons (Fsp3) is 0.200. The lowest BCUT2D eigenvalue weighted by Gasteiger charge is -2.30. The summed E-state index contributed by atoms with van der Waals surface area (Å²) in [5.41, 5.74) is 2.84. The lowest BCUT2D eigenvalue weighted by Crippen LogP contribution is -2.31. The van der Waals surface area contributed by atoms with Crippen molar-refractivity contribution in [3.05, 3.63) is 65.2 Å². The van der Waals surface area contributed by atoms with Crippen LogP contribution in [0.5, 0.6) is 0 Å². The Kier molecular flexibility index (Phi) is 2.74. The van der Waals surface area contributed by atoms with Crippen LogP contribution < -0.4 is 4.90 Å². The molecule has 0 radical (unpaired) electrons. The highest BCUT2D eigenvalue weighted by atomic mass is 19.1. The Balaban J connectivity index is 1.94. The van der Waals surface area contributed by atoms with Crippen molar-refractivity contribution in [3.63, 3.8) is 0 Å². The zero-order valence-electron chi connectivity index (χ0n) is 9.87. The van der Waals surface area contributed by atoms with Gasteiger partial charge in [-0.05, 0) is 29.7 Å². The van der Waals surface area contributed by atoms with Gasteiger partial charge in [0.25, 0.3) is 0 Å². The molecule has 92 valence electrons. The van der Waals surface area contributed by atoms with Crippen LogP contribution in [0.2, 0.25) is 0 Å². The molecule has 2 aromatic rings. The van der Waals surface area contributed by atoms with Crippen LogP contribution in [0, 0.1) is 11.6 Å². The molecule has 18 heavy (non-hydrogen) atoms. The molecule has 2 aromatic carbocycles. The molecule has 0 amide bonds. The first kappa shape index (κ1) is 11.2. The normalized spacial score (nSPS) is 14.4. The van der Waals surface area contributed by atoms with Gasteiger partial charge in [-0.1, -0.05) is 24.3 Å². The van der Waals surface area contributed by atoms with Gasteiger partial charge in [0.1, 0.15) is 11.6 Å². The third kappa shape index (κ3) is 1.96. The molecule has 0 aliphatic carbocycles. The Morgan fingerprint density at radius 3 is 2.56 bits per heavy atom. The molecule has 1 aliphatic heterocycles. The number of hydrogen-bond acceptors (Lipinski definition) is 1. The van der Waals surface area contributed by atoms with Gasteiger partial charge in [-0.25, -0.2) is 8.78 Å². The largest absolute Gasteiger partial charge is 0.364 e. The van der Waals surface area contributed by atoms with Crippen LogP contribution in [0.4, 0.5) is 14.5 Å². The first-order chi connectivity index (χ1) is 8.74. The molecule has 0 N–H and O–H groups in total. The van der Waals surface area contributed by atoms with E-state index in [4.69, 9.17) is 0 Å². The van der Waals surface area contributed by atoms with Crippen molar-refractivity contribution in [2.45, 2.75) is 13.0 Å². The van der Waals surface area contributed by atoms with Gasteiger partial charge < -0.3 is 4.90 Å². The van der Waals surface area contributed by atoms with E-state index in [1.165, 1.54) is 23.3 Å². The van der Waals surface area contributed by atoms with Crippen molar-refractivity contribution in [3.8, 4) is 0 Å².